The molecule has 5 rings (SSSR count). The van der Waals surface area contributed by atoms with Crippen LogP contribution < -0.4 is 19.1 Å². The Labute approximate surface area is 205 Å². The van der Waals surface area contributed by atoms with Gasteiger partial charge in [-0.1, -0.05) is 6.07 Å². The van der Waals surface area contributed by atoms with Gasteiger partial charge in [0, 0.05) is 30.1 Å². The van der Waals surface area contributed by atoms with Gasteiger partial charge in [-0.3, -0.25) is 19.5 Å². The highest BCUT2D eigenvalue weighted by Gasteiger charge is 2.48. The third-order valence-corrected chi connectivity index (χ3v) is 6.01. The molecule has 10 nitrogen and oxygen atoms in total. The highest BCUT2D eigenvalue weighted by molar-refractivity contribution is 6.51. The number of methoxy groups -OCH3 is 3. The lowest BCUT2D eigenvalue weighted by Gasteiger charge is -2.22. The van der Waals surface area contributed by atoms with Crippen LogP contribution in [0.25, 0.3) is 16.8 Å². The first-order chi connectivity index (χ1) is 17.5. The van der Waals surface area contributed by atoms with E-state index in [4.69, 9.17) is 14.2 Å². The summed E-state index contributed by atoms with van der Waals surface area (Å²) in [5.74, 6) is -0.329. The SMILES string of the molecule is COc1ccc(/C(O)=C2\C(=O)C(=O)N(c3nc4cc(OC)c(OC)cc4[nH]3)C2c2cccnc2)cc1. The number of carbonyl (C=O) groups is 2. The van der Waals surface area contributed by atoms with Crippen LogP contribution in [-0.4, -0.2) is 53.1 Å². The normalized spacial score (nSPS) is 17.0. The summed E-state index contributed by atoms with van der Waals surface area (Å²) in [5, 5.41) is 11.2. The standard InChI is InChI=1S/C26H22N4O6/c1-34-16-8-6-14(7-9-16)23(31)21-22(15-5-4-10-27-13-15)30(25(33)24(21)32)26-28-17-11-19(35-2)20(36-3)12-18(17)29-26/h4-13,22,31H,1-3H3,(H,28,29)/b23-21+. The van der Waals surface area contributed by atoms with E-state index in [0.29, 0.717) is 39.4 Å². The second-order valence-electron chi connectivity index (χ2n) is 7.97. The number of nitrogens with zero attached hydrogens (tertiary/aromatic N) is 3. The largest absolute Gasteiger partial charge is 0.507 e. The van der Waals surface area contributed by atoms with Crippen molar-refractivity contribution in [2.24, 2.45) is 0 Å². The number of H-pyrrole nitrogens is 1. The molecular weight excluding hydrogens is 464 g/mol. The van der Waals surface area contributed by atoms with E-state index >= 15 is 0 Å². The number of fused-ring (bicyclic) bond motifs is 1. The van der Waals surface area contributed by atoms with Crippen molar-refractivity contribution in [3.63, 3.8) is 0 Å². The number of ether oxygens (including phenoxy) is 3. The van der Waals surface area contributed by atoms with Gasteiger partial charge in [0.25, 0.3) is 5.78 Å². The summed E-state index contributed by atoms with van der Waals surface area (Å²) in [6.45, 7) is 0. The Kier molecular flexibility index (Phi) is 5.77. The summed E-state index contributed by atoms with van der Waals surface area (Å²) in [6.07, 6.45) is 3.12. The highest BCUT2D eigenvalue weighted by atomic mass is 16.5. The van der Waals surface area contributed by atoms with Gasteiger partial charge >= 0.3 is 5.91 Å². The molecule has 36 heavy (non-hydrogen) atoms. The maximum Gasteiger partial charge on any atom is 0.302 e. The molecule has 0 bridgehead atoms. The third kappa shape index (κ3) is 3.68. The average molecular weight is 486 g/mol. The number of nitrogens with one attached hydrogen (secondary N) is 1. The van der Waals surface area contributed by atoms with Gasteiger partial charge in [0.2, 0.25) is 5.95 Å². The molecule has 1 saturated heterocycles. The van der Waals surface area contributed by atoms with E-state index in [1.54, 1.807) is 60.9 Å². The molecule has 1 aliphatic rings. The summed E-state index contributed by atoms with van der Waals surface area (Å²) in [6, 6.07) is 12.4. The van der Waals surface area contributed by atoms with Crippen molar-refractivity contribution >= 4 is 34.4 Å². The van der Waals surface area contributed by atoms with Crippen LogP contribution >= 0.6 is 0 Å². The molecule has 2 N–H and O–H groups in total. The van der Waals surface area contributed by atoms with E-state index in [0.717, 1.165) is 0 Å². The Bertz CT molecular complexity index is 1450. The van der Waals surface area contributed by atoms with Crippen molar-refractivity contribution < 1.29 is 28.9 Å². The monoisotopic (exact) mass is 486 g/mol. The maximum atomic E-state index is 13.3. The first kappa shape index (κ1) is 22.9. The van der Waals surface area contributed by atoms with E-state index in [1.807, 2.05) is 0 Å². The Morgan fingerprint density at radius 2 is 1.72 bits per heavy atom. The fraction of sp³-hybridized carbons (Fsp3) is 0.154. The molecule has 1 aliphatic heterocycles. The minimum atomic E-state index is -0.967. The first-order valence-corrected chi connectivity index (χ1v) is 10.9. The number of ketones is 1. The Morgan fingerprint density at radius 3 is 2.36 bits per heavy atom. The van der Waals surface area contributed by atoms with Gasteiger partial charge < -0.3 is 24.3 Å². The van der Waals surface area contributed by atoms with Crippen LogP contribution in [0, 0.1) is 0 Å². The Hall–Kier alpha value is -4.86. The lowest BCUT2D eigenvalue weighted by Crippen LogP contribution is -2.30. The molecule has 0 aliphatic carbocycles. The number of amides is 1. The second kappa shape index (κ2) is 9.06. The lowest BCUT2D eigenvalue weighted by molar-refractivity contribution is -0.132. The molecule has 1 atom stereocenters. The van der Waals surface area contributed by atoms with Crippen LogP contribution in [0.1, 0.15) is 17.2 Å². The number of hydrogen-bond donors (Lipinski definition) is 2. The lowest BCUT2D eigenvalue weighted by atomic mass is 9.96. The molecule has 4 aromatic rings. The van der Waals surface area contributed by atoms with Gasteiger partial charge in [-0.2, -0.15) is 0 Å². The molecule has 0 spiro atoms. The number of rotatable bonds is 6. The van der Waals surface area contributed by atoms with E-state index in [9.17, 15) is 14.7 Å². The number of benzene rings is 2. The van der Waals surface area contributed by atoms with Gasteiger partial charge in [-0.25, -0.2) is 4.98 Å². The van der Waals surface area contributed by atoms with Crippen LogP contribution in [0.5, 0.6) is 17.2 Å². The topological polar surface area (TPSA) is 127 Å². The minimum absolute atomic E-state index is 0.0752. The predicted molar refractivity (Wildman–Crippen MR) is 131 cm³/mol. The van der Waals surface area contributed by atoms with Crippen molar-refractivity contribution in [2.45, 2.75) is 6.04 Å². The van der Waals surface area contributed by atoms with Crippen LogP contribution in [-0.2, 0) is 9.59 Å². The van der Waals surface area contributed by atoms with Gasteiger partial charge in [0.15, 0.2) is 11.5 Å². The maximum absolute atomic E-state index is 13.3. The van der Waals surface area contributed by atoms with Crippen LogP contribution in [0.15, 0.2) is 66.5 Å². The molecule has 2 aromatic carbocycles. The smallest absolute Gasteiger partial charge is 0.302 e. The zero-order valence-corrected chi connectivity index (χ0v) is 19.7. The minimum Gasteiger partial charge on any atom is -0.507 e. The number of aliphatic hydroxyl groups is 1. The van der Waals surface area contributed by atoms with Gasteiger partial charge in [0.1, 0.15) is 11.5 Å². The van der Waals surface area contributed by atoms with E-state index in [1.165, 1.54) is 26.2 Å². The third-order valence-electron chi connectivity index (χ3n) is 6.01. The molecule has 10 heteroatoms. The Balaban J connectivity index is 1.69. The number of anilines is 1. The molecule has 1 unspecified atom stereocenters. The summed E-state index contributed by atoms with van der Waals surface area (Å²) in [4.78, 5) is 39.7. The van der Waals surface area contributed by atoms with Gasteiger partial charge in [-0.05, 0) is 35.9 Å². The van der Waals surface area contributed by atoms with E-state index < -0.39 is 17.7 Å². The molecule has 0 saturated carbocycles. The van der Waals surface area contributed by atoms with Crippen molar-refractivity contribution in [1.29, 1.82) is 0 Å². The number of hydrogen-bond acceptors (Lipinski definition) is 8. The molecule has 2 aromatic heterocycles. The van der Waals surface area contributed by atoms with Crippen LogP contribution in [0.2, 0.25) is 0 Å². The Morgan fingerprint density at radius 1 is 1.00 bits per heavy atom. The van der Waals surface area contributed by atoms with Gasteiger partial charge in [-0.15, -0.1) is 0 Å². The quantitative estimate of drug-likeness (QED) is 0.240. The zero-order chi connectivity index (χ0) is 25.4. The summed E-state index contributed by atoms with van der Waals surface area (Å²) >= 11 is 0. The van der Waals surface area contributed by atoms with Gasteiger partial charge in [0.05, 0.1) is 44.0 Å². The van der Waals surface area contributed by atoms with Crippen molar-refractivity contribution in [1.82, 2.24) is 15.0 Å². The molecular formula is C26H22N4O6. The van der Waals surface area contributed by atoms with E-state index in [2.05, 4.69) is 15.0 Å². The number of aromatic nitrogens is 3. The molecule has 3 heterocycles. The molecule has 0 radical (unpaired) electrons. The number of Topliss-reactive ketones (excluding diaryl/α,β-unsaturated/α-hetero) is 1. The predicted octanol–water partition coefficient (Wildman–Crippen LogP) is 3.61. The second-order valence-corrected chi connectivity index (χ2v) is 7.97. The summed E-state index contributed by atoms with van der Waals surface area (Å²) in [5.41, 5.74) is 1.90. The first-order valence-electron chi connectivity index (χ1n) is 10.9. The molecule has 182 valence electrons. The summed E-state index contributed by atoms with van der Waals surface area (Å²) < 4.78 is 15.9. The van der Waals surface area contributed by atoms with Crippen LogP contribution in [0.3, 0.4) is 0 Å². The van der Waals surface area contributed by atoms with Crippen molar-refractivity contribution in [3.8, 4) is 17.2 Å². The number of carbonyl (C=O) groups excluding carboxylic acids is 2. The fourth-order valence-electron chi connectivity index (χ4n) is 4.25. The summed E-state index contributed by atoms with van der Waals surface area (Å²) in [7, 11) is 4.56. The van der Waals surface area contributed by atoms with Crippen molar-refractivity contribution in [3.05, 3.63) is 77.6 Å². The average Bonchev–Trinajstić information content (AvgIpc) is 3.45. The van der Waals surface area contributed by atoms with E-state index in [-0.39, 0.29) is 17.3 Å². The highest BCUT2D eigenvalue weighted by Crippen LogP contribution is 2.42. The molecule has 1 amide bonds. The number of aromatic amines is 1. The number of pyridine rings is 1. The number of imidazole rings is 1. The number of aliphatic hydroxyl groups excluding tert-OH is 1. The van der Waals surface area contributed by atoms with Crippen molar-refractivity contribution in [2.75, 3.05) is 26.2 Å². The zero-order valence-electron chi connectivity index (χ0n) is 19.7. The molecule has 1 fully saturated rings. The fourth-order valence-corrected chi connectivity index (χ4v) is 4.25. The van der Waals surface area contributed by atoms with Crippen LogP contribution in [0.4, 0.5) is 5.95 Å².